The highest BCUT2D eigenvalue weighted by Crippen LogP contribution is 2.26. The lowest BCUT2D eigenvalue weighted by atomic mass is 9.90. The summed E-state index contributed by atoms with van der Waals surface area (Å²) in [6, 6.07) is 0. The number of hydrogen-bond donors (Lipinski definition) is 3. The maximum atomic E-state index is 12.2. The Balaban J connectivity index is 0.000000454. The highest BCUT2D eigenvalue weighted by atomic mass is 16.6. The number of esters is 1. The molecule has 2 fully saturated rings. The van der Waals surface area contributed by atoms with Crippen LogP contribution in [0.5, 0.6) is 0 Å². The van der Waals surface area contributed by atoms with Gasteiger partial charge in [-0.2, -0.15) is 0 Å². The van der Waals surface area contributed by atoms with Crippen LogP contribution in [0.1, 0.15) is 90.0 Å². The van der Waals surface area contributed by atoms with E-state index in [0.29, 0.717) is 0 Å². The van der Waals surface area contributed by atoms with Crippen LogP contribution < -0.4 is 10.6 Å². The van der Waals surface area contributed by atoms with Gasteiger partial charge in [0.1, 0.15) is 27.9 Å². The molecule has 0 unspecified atom stereocenters. The van der Waals surface area contributed by atoms with E-state index in [1.807, 2.05) is 0 Å². The molecule has 2 aliphatic rings. The van der Waals surface area contributed by atoms with E-state index in [1.165, 1.54) is 9.80 Å². The second kappa shape index (κ2) is 14.3. The molecule has 0 bridgehead atoms. The van der Waals surface area contributed by atoms with Crippen LogP contribution in [0.25, 0.3) is 0 Å². The second-order valence-electron chi connectivity index (χ2n) is 15.2. The second-order valence-corrected chi connectivity index (χ2v) is 15.2. The van der Waals surface area contributed by atoms with Gasteiger partial charge in [0.25, 0.3) is 0 Å². The fourth-order valence-corrected chi connectivity index (χ4v) is 3.97. The molecule has 0 atom stereocenters. The van der Waals surface area contributed by atoms with Crippen molar-refractivity contribution in [1.29, 1.82) is 0 Å². The number of likely N-dealkylation sites (tertiary alicyclic amines) is 2. The molecule has 2 aliphatic heterocycles. The molecule has 3 N–H and O–H groups in total. The van der Waals surface area contributed by atoms with Crippen LogP contribution in [0.15, 0.2) is 0 Å². The van der Waals surface area contributed by atoms with E-state index in [0.717, 1.165) is 0 Å². The number of nitrogens with zero attached hydrogens (tertiary/aromatic N) is 2. The molecule has 15 nitrogen and oxygen atoms in total. The molecular weight excluding hydrogens is 592 g/mol. The average molecular weight is 647 g/mol. The minimum Gasteiger partial charge on any atom is -0.464 e. The first-order valence-corrected chi connectivity index (χ1v) is 14.9. The summed E-state index contributed by atoms with van der Waals surface area (Å²) in [5.74, 6) is -0.601. The number of amides is 4. The van der Waals surface area contributed by atoms with Crippen LogP contribution in [0, 0.1) is 0 Å². The summed E-state index contributed by atoms with van der Waals surface area (Å²) in [4.78, 5) is 62.6. The van der Waals surface area contributed by atoms with Crippen molar-refractivity contribution in [2.75, 3.05) is 39.4 Å². The van der Waals surface area contributed by atoms with E-state index < -0.39 is 63.8 Å². The number of rotatable bonds is 5. The van der Waals surface area contributed by atoms with E-state index in [1.54, 1.807) is 90.0 Å². The molecular formula is C30H54N4O11. The zero-order valence-corrected chi connectivity index (χ0v) is 29.2. The van der Waals surface area contributed by atoms with Gasteiger partial charge in [-0.1, -0.05) is 0 Å². The largest absolute Gasteiger partial charge is 0.464 e. The van der Waals surface area contributed by atoms with E-state index in [-0.39, 0.29) is 39.4 Å². The van der Waals surface area contributed by atoms with Gasteiger partial charge in [-0.15, -0.1) is 0 Å². The van der Waals surface area contributed by atoms with Crippen LogP contribution in [0.2, 0.25) is 0 Å². The highest BCUT2D eigenvalue weighted by molar-refractivity contribution is 5.90. The first-order valence-electron chi connectivity index (χ1n) is 14.9. The van der Waals surface area contributed by atoms with Gasteiger partial charge in [0.05, 0.1) is 39.4 Å². The number of ether oxygens (including phenoxy) is 5. The number of carbonyl (C=O) groups excluding carboxylic acids is 5. The topological polar surface area (TPSA) is 182 Å². The molecule has 2 heterocycles. The summed E-state index contributed by atoms with van der Waals surface area (Å²) >= 11 is 0. The fraction of sp³-hybridized carbons (Fsp3) is 0.833. The van der Waals surface area contributed by atoms with Gasteiger partial charge >= 0.3 is 30.3 Å². The number of aliphatic hydroxyl groups is 1. The van der Waals surface area contributed by atoms with Gasteiger partial charge in [-0.05, 0) is 90.0 Å². The van der Waals surface area contributed by atoms with Crippen molar-refractivity contribution in [2.24, 2.45) is 0 Å². The SMILES string of the molecule is CC(C)(C)OC(=O)NC1(CO)CN(C(=O)OC(C)(C)C)C1.CCOC(=O)C1(NC(=O)OC(C)(C)C)CN(C(=O)OC(C)(C)C)C1. The summed E-state index contributed by atoms with van der Waals surface area (Å²) in [5.41, 5.74) is -4.71. The summed E-state index contributed by atoms with van der Waals surface area (Å²) in [6.45, 7) is 22.9. The highest BCUT2D eigenvalue weighted by Gasteiger charge is 2.55. The molecule has 4 amide bonds. The minimum atomic E-state index is -1.31. The standard InChI is InChI=1S/C16H28N2O6.C14H26N2O5/c1-8-22-11(19)16(17-12(20)23-14(2,3)4)9-18(10-16)13(21)24-15(5,6)7;1-12(2,3)20-10(18)15-14(9-17)7-16(8-14)11(19)21-13(4,5)6/h8-10H2,1-7H3,(H,17,20);17H,7-9H2,1-6H3,(H,15,18). The van der Waals surface area contributed by atoms with Crippen molar-refractivity contribution in [3.8, 4) is 0 Å². The Kier molecular flexibility index (Phi) is 12.6. The first kappa shape index (κ1) is 39.5. The molecule has 2 saturated heterocycles. The van der Waals surface area contributed by atoms with Gasteiger partial charge in [0.2, 0.25) is 0 Å². The Bertz CT molecular complexity index is 1070. The Hall–Kier alpha value is -3.49. The lowest BCUT2D eigenvalue weighted by Crippen LogP contribution is -2.75. The molecule has 0 aliphatic carbocycles. The monoisotopic (exact) mass is 646 g/mol. The molecule has 2 rings (SSSR count). The zero-order chi connectivity index (χ0) is 35.2. The predicted molar refractivity (Wildman–Crippen MR) is 164 cm³/mol. The number of alkyl carbamates (subject to hydrolysis) is 2. The summed E-state index contributed by atoms with van der Waals surface area (Å²) < 4.78 is 25.8. The van der Waals surface area contributed by atoms with E-state index in [4.69, 9.17) is 23.7 Å². The van der Waals surface area contributed by atoms with Gasteiger partial charge in [0, 0.05) is 0 Å². The molecule has 0 aromatic heterocycles. The smallest absolute Gasteiger partial charge is 0.410 e. The molecule has 260 valence electrons. The fourth-order valence-electron chi connectivity index (χ4n) is 3.97. The van der Waals surface area contributed by atoms with E-state index in [9.17, 15) is 29.1 Å². The van der Waals surface area contributed by atoms with Crippen LogP contribution in [0.3, 0.4) is 0 Å². The Labute approximate surface area is 266 Å². The average Bonchev–Trinajstić information content (AvgIpc) is 2.73. The molecule has 0 aromatic rings. The van der Waals surface area contributed by atoms with Gasteiger partial charge in [-0.3, -0.25) is 0 Å². The molecule has 0 radical (unpaired) electrons. The van der Waals surface area contributed by atoms with Gasteiger partial charge < -0.3 is 49.2 Å². The minimum absolute atomic E-state index is 0.0278. The zero-order valence-electron chi connectivity index (χ0n) is 29.2. The van der Waals surface area contributed by atoms with Crippen molar-refractivity contribution in [3.63, 3.8) is 0 Å². The van der Waals surface area contributed by atoms with Crippen molar-refractivity contribution in [3.05, 3.63) is 0 Å². The quantitative estimate of drug-likeness (QED) is 0.293. The third kappa shape index (κ3) is 13.6. The summed E-state index contributed by atoms with van der Waals surface area (Å²) in [5, 5.41) is 14.6. The third-order valence-corrected chi connectivity index (χ3v) is 5.69. The Morgan fingerprint density at radius 3 is 1.31 bits per heavy atom. The maximum Gasteiger partial charge on any atom is 0.410 e. The predicted octanol–water partition coefficient (Wildman–Crippen LogP) is 3.56. The molecule has 15 heteroatoms. The van der Waals surface area contributed by atoms with Crippen LogP contribution in [-0.2, 0) is 28.5 Å². The van der Waals surface area contributed by atoms with E-state index >= 15 is 0 Å². The number of carbonyl (C=O) groups is 5. The van der Waals surface area contributed by atoms with Crippen molar-refractivity contribution in [1.82, 2.24) is 20.4 Å². The molecule has 0 aromatic carbocycles. The number of nitrogens with one attached hydrogen (secondary N) is 2. The maximum absolute atomic E-state index is 12.2. The third-order valence-electron chi connectivity index (χ3n) is 5.69. The molecule has 45 heavy (non-hydrogen) atoms. The number of hydrogen-bond acceptors (Lipinski definition) is 11. The molecule has 0 saturated carbocycles. The van der Waals surface area contributed by atoms with E-state index in [2.05, 4.69) is 10.6 Å². The summed E-state index contributed by atoms with van der Waals surface area (Å²) in [6.07, 6.45) is -2.36. The van der Waals surface area contributed by atoms with Crippen molar-refractivity contribution in [2.45, 2.75) is 123 Å². The van der Waals surface area contributed by atoms with Crippen LogP contribution in [0.4, 0.5) is 19.2 Å². The van der Waals surface area contributed by atoms with Gasteiger partial charge in [-0.25, -0.2) is 24.0 Å². The normalized spacial score (nSPS) is 17.2. The Morgan fingerprint density at radius 1 is 0.622 bits per heavy atom. The van der Waals surface area contributed by atoms with Gasteiger partial charge in [0.15, 0.2) is 5.54 Å². The van der Waals surface area contributed by atoms with Crippen LogP contribution >= 0.6 is 0 Å². The first-order chi connectivity index (χ1) is 20.1. The Morgan fingerprint density at radius 2 is 0.978 bits per heavy atom. The lowest BCUT2D eigenvalue weighted by molar-refractivity contribution is -0.158. The summed E-state index contributed by atoms with van der Waals surface area (Å²) in [7, 11) is 0. The van der Waals surface area contributed by atoms with Crippen LogP contribution in [-0.4, -0.2) is 118 Å². The molecule has 0 spiro atoms. The van der Waals surface area contributed by atoms with Crippen molar-refractivity contribution >= 4 is 30.3 Å². The lowest BCUT2D eigenvalue weighted by Gasteiger charge is -2.48. The van der Waals surface area contributed by atoms with Crippen molar-refractivity contribution < 1.29 is 52.8 Å². The number of aliphatic hydroxyl groups excluding tert-OH is 1.